The standard InChI is InChI=1S/C25H23FN4O3/c1-16(31)29-9-8-23-22(14-29)21-6-5-19(11-24(21)28(23)2)30-10-7-20(12-25(30)32)33-15-18-4-3-17(26)13-27-18/h3-7,10-13H,8-9,14-15H2,1-2H3. The summed E-state index contributed by atoms with van der Waals surface area (Å²) in [4.78, 5) is 30.5. The van der Waals surface area contributed by atoms with Crippen LogP contribution in [0.4, 0.5) is 4.39 Å². The maximum atomic E-state index is 13.0. The van der Waals surface area contributed by atoms with Gasteiger partial charge in [0.15, 0.2) is 0 Å². The fourth-order valence-corrected chi connectivity index (χ4v) is 4.39. The van der Waals surface area contributed by atoms with Crippen LogP contribution in [0.15, 0.2) is 59.7 Å². The van der Waals surface area contributed by atoms with Gasteiger partial charge in [-0.15, -0.1) is 0 Å². The summed E-state index contributed by atoms with van der Waals surface area (Å²) in [5.74, 6) is 0.0917. The van der Waals surface area contributed by atoms with Crippen LogP contribution in [0.2, 0.25) is 0 Å². The van der Waals surface area contributed by atoms with Crippen molar-refractivity contribution in [3.05, 3.63) is 88.0 Å². The van der Waals surface area contributed by atoms with Gasteiger partial charge in [-0.1, -0.05) is 6.07 Å². The van der Waals surface area contributed by atoms with Gasteiger partial charge in [-0.25, -0.2) is 4.39 Å². The van der Waals surface area contributed by atoms with Crippen LogP contribution in [0.25, 0.3) is 16.6 Å². The molecule has 0 aliphatic carbocycles. The summed E-state index contributed by atoms with van der Waals surface area (Å²) < 4.78 is 22.3. The number of ether oxygens (including phenoxy) is 1. The Bertz CT molecular complexity index is 1420. The minimum Gasteiger partial charge on any atom is -0.487 e. The number of hydrogen-bond donors (Lipinski definition) is 0. The highest BCUT2D eigenvalue weighted by atomic mass is 19.1. The molecule has 4 heterocycles. The van der Waals surface area contributed by atoms with Crippen LogP contribution in [0.1, 0.15) is 23.9 Å². The molecule has 1 aliphatic rings. The SMILES string of the molecule is CC(=O)N1CCc2c(c3ccc(-n4ccc(OCc5ccc(F)cn5)cc4=O)cc3n2C)C1. The minimum atomic E-state index is -0.409. The van der Waals surface area contributed by atoms with Crippen molar-refractivity contribution in [2.75, 3.05) is 6.54 Å². The number of halogens is 1. The smallest absolute Gasteiger partial charge is 0.258 e. The first-order valence-electron chi connectivity index (χ1n) is 10.7. The molecule has 168 valence electrons. The zero-order valence-corrected chi connectivity index (χ0v) is 18.4. The van der Waals surface area contributed by atoms with Crippen molar-refractivity contribution >= 4 is 16.8 Å². The minimum absolute atomic E-state index is 0.0818. The molecule has 33 heavy (non-hydrogen) atoms. The Morgan fingerprint density at radius 2 is 2.03 bits per heavy atom. The second-order valence-electron chi connectivity index (χ2n) is 8.20. The van der Waals surface area contributed by atoms with Gasteiger partial charge < -0.3 is 14.2 Å². The van der Waals surface area contributed by atoms with Gasteiger partial charge in [-0.3, -0.25) is 19.1 Å². The van der Waals surface area contributed by atoms with Crippen LogP contribution in [-0.4, -0.2) is 31.5 Å². The molecule has 7 nitrogen and oxygen atoms in total. The van der Waals surface area contributed by atoms with Gasteiger partial charge >= 0.3 is 0 Å². The molecular weight excluding hydrogens is 423 g/mol. The van der Waals surface area contributed by atoms with Crippen molar-refractivity contribution in [3.8, 4) is 11.4 Å². The summed E-state index contributed by atoms with van der Waals surface area (Å²) in [6.45, 7) is 3.07. The number of fused-ring (bicyclic) bond motifs is 3. The van der Waals surface area contributed by atoms with Gasteiger partial charge in [0.2, 0.25) is 5.91 Å². The first-order chi connectivity index (χ1) is 15.9. The van der Waals surface area contributed by atoms with Crippen molar-refractivity contribution in [3.63, 3.8) is 0 Å². The van der Waals surface area contributed by atoms with E-state index in [0.29, 0.717) is 24.5 Å². The van der Waals surface area contributed by atoms with Crippen LogP contribution >= 0.6 is 0 Å². The number of nitrogens with zero attached hydrogens (tertiary/aromatic N) is 4. The van der Waals surface area contributed by atoms with E-state index < -0.39 is 5.82 Å². The Balaban J connectivity index is 1.42. The molecule has 3 aromatic heterocycles. The summed E-state index contributed by atoms with van der Waals surface area (Å²) in [7, 11) is 2.03. The molecule has 0 N–H and O–H groups in total. The van der Waals surface area contributed by atoms with Crippen LogP contribution in [0, 0.1) is 5.82 Å². The van der Waals surface area contributed by atoms with E-state index in [1.54, 1.807) is 29.8 Å². The molecule has 1 amide bonds. The highest BCUT2D eigenvalue weighted by Crippen LogP contribution is 2.31. The molecule has 4 aromatic rings. The fourth-order valence-electron chi connectivity index (χ4n) is 4.39. The fraction of sp³-hybridized carbons (Fsp3) is 0.240. The maximum Gasteiger partial charge on any atom is 0.258 e. The van der Waals surface area contributed by atoms with Gasteiger partial charge in [0.1, 0.15) is 18.2 Å². The predicted molar refractivity (Wildman–Crippen MR) is 122 cm³/mol. The number of carbonyl (C=O) groups is 1. The molecule has 0 radical (unpaired) electrons. The molecule has 1 aromatic carbocycles. The topological polar surface area (TPSA) is 69.4 Å². The third-order valence-corrected chi connectivity index (χ3v) is 6.18. The van der Waals surface area contributed by atoms with E-state index in [9.17, 15) is 14.0 Å². The van der Waals surface area contributed by atoms with E-state index in [0.717, 1.165) is 29.2 Å². The average molecular weight is 446 g/mol. The normalized spacial score (nSPS) is 13.2. The van der Waals surface area contributed by atoms with Crippen LogP contribution in [0.3, 0.4) is 0 Å². The van der Waals surface area contributed by atoms with Crippen molar-refractivity contribution in [1.29, 1.82) is 0 Å². The molecule has 5 rings (SSSR count). The van der Waals surface area contributed by atoms with E-state index in [4.69, 9.17) is 4.74 Å². The van der Waals surface area contributed by atoms with Crippen molar-refractivity contribution in [1.82, 2.24) is 19.0 Å². The molecule has 1 aliphatic heterocycles. The van der Waals surface area contributed by atoms with E-state index >= 15 is 0 Å². The Morgan fingerprint density at radius 1 is 1.18 bits per heavy atom. The number of aromatic nitrogens is 3. The summed E-state index contributed by atoms with van der Waals surface area (Å²) >= 11 is 0. The lowest BCUT2D eigenvalue weighted by molar-refractivity contribution is -0.129. The number of benzene rings is 1. The average Bonchev–Trinajstić information content (AvgIpc) is 3.09. The Morgan fingerprint density at radius 3 is 2.76 bits per heavy atom. The lowest BCUT2D eigenvalue weighted by Gasteiger charge is -2.26. The van der Waals surface area contributed by atoms with Gasteiger partial charge in [-0.2, -0.15) is 0 Å². The van der Waals surface area contributed by atoms with Crippen LogP contribution in [0.5, 0.6) is 5.75 Å². The first-order valence-corrected chi connectivity index (χ1v) is 10.7. The first kappa shape index (κ1) is 20.9. The van der Waals surface area contributed by atoms with Gasteiger partial charge in [0.05, 0.1) is 23.1 Å². The quantitative estimate of drug-likeness (QED) is 0.482. The van der Waals surface area contributed by atoms with E-state index in [-0.39, 0.29) is 18.1 Å². The summed E-state index contributed by atoms with van der Waals surface area (Å²) in [5, 5.41) is 1.10. The zero-order chi connectivity index (χ0) is 23.1. The van der Waals surface area contributed by atoms with Gasteiger partial charge in [-0.05, 0) is 30.3 Å². The second-order valence-corrected chi connectivity index (χ2v) is 8.20. The van der Waals surface area contributed by atoms with Crippen LogP contribution < -0.4 is 10.3 Å². The maximum absolute atomic E-state index is 13.0. The summed E-state index contributed by atoms with van der Waals surface area (Å²) in [5.41, 5.74) is 4.52. The lowest BCUT2D eigenvalue weighted by Crippen LogP contribution is -2.34. The van der Waals surface area contributed by atoms with Crippen molar-refractivity contribution < 1.29 is 13.9 Å². The Hall–Kier alpha value is -3.94. The largest absolute Gasteiger partial charge is 0.487 e. The number of carbonyl (C=O) groups excluding carboxylic acids is 1. The van der Waals surface area contributed by atoms with Crippen LogP contribution in [-0.2, 0) is 31.4 Å². The molecular formula is C25H23FN4O3. The third-order valence-electron chi connectivity index (χ3n) is 6.18. The Kier molecular flexibility index (Phi) is 5.20. The molecule has 0 spiro atoms. The highest BCUT2D eigenvalue weighted by Gasteiger charge is 2.24. The summed E-state index contributed by atoms with van der Waals surface area (Å²) in [6.07, 6.45) is 3.62. The molecule has 0 saturated heterocycles. The third kappa shape index (κ3) is 3.88. The van der Waals surface area contributed by atoms with E-state index in [1.165, 1.54) is 23.4 Å². The van der Waals surface area contributed by atoms with E-state index in [1.807, 2.05) is 30.1 Å². The molecule has 0 saturated carbocycles. The predicted octanol–water partition coefficient (Wildman–Crippen LogP) is 3.35. The number of pyridine rings is 2. The van der Waals surface area contributed by atoms with Crippen molar-refractivity contribution in [2.24, 2.45) is 7.05 Å². The zero-order valence-electron chi connectivity index (χ0n) is 18.4. The number of rotatable bonds is 4. The second kappa shape index (κ2) is 8.20. The van der Waals surface area contributed by atoms with Gasteiger partial charge in [0, 0.05) is 62.4 Å². The Labute approximate surface area is 189 Å². The molecule has 0 atom stereocenters. The summed E-state index contributed by atoms with van der Waals surface area (Å²) in [6, 6.07) is 11.9. The van der Waals surface area contributed by atoms with Crippen molar-refractivity contribution in [2.45, 2.75) is 26.5 Å². The molecule has 8 heteroatoms. The molecule has 0 bridgehead atoms. The number of amides is 1. The number of hydrogen-bond acceptors (Lipinski definition) is 4. The van der Waals surface area contributed by atoms with E-state index in [2.05, 4.69) is 9.55 Å². The number of aryl methyl sites for hydroxylation is 1. The molecule has 0 fully saturated rings. The monoisotopic (exact) mass is 446 g/mol. The highest BCUT2D eigenvalue weighted by molar-refractivity contribution is 5.88. The molecule has 0 unspecified atom stereocenters. The lowest BCUT2D eigenvalue weighted by atomic mass is 10.0. The van der Waals surface area contributed by atoms with Gasteiger partial charge in [0.25, 0.3) is 5.56 Å².